The summed E-state index contributed by atoms with van der Waals surface area (Å²) >= 11 is 6.12. The largest absolute Gasteiger partial charge is 0.489 e. The lowest BCUT2D eigenvalue weighted by Gasteiger charge is -2.31. The highest BCUT2D eigenvalue weighted by atomic mass is 35.5. The summed E-state index contributed by atoms with van der Waals surface area (Å²) in [7, 11) is 0. The summed E-state index contributed by atoms with van der Waals surface area (Å²) in [6.07, 6.45) is 2.37. The number of carbonyl (C=O) groups excluding carboxylic acids is 2. The Labute approximate surface area is 177 Å². The average Bonchev–Trinajstić information content (AvgIpc) is 2.73. The molecule has 2 heterocycles. The van der Waals surface area contributed by atoms with Crippen LogP contribution >= 0.6 is 11.6 Å². The molecule has 2 aliphatic rings. The fraction of sp³-hybridized carbons (Fsp3) is 0.619. The molecule has 0 bridgehead atoms. The molecular formula is C21H30ClN3O4. The van der Waals surface area contributed by atoms with E-state index in [2.05, 4.69) is 10.2 Å². The van der Waals surface area contributed by atoms with Gasteiger partial charge in [-0.15, -0.1) is 0 Å². The van der Waals surface area contributed by atoms with Gasteiger partial charge in [-0.05, 0) is 31.2 Å². The van der Waals surface area contributed by atoms with Crippen molar-refractivity contribution in [2.75, 3.05) is 52.5 Å². The van der Waals surface area contributed by atoms with Crippen molar-refractivity contribution in [3.05, 3.63) is 28.8 Å². The number of rotatable bonds is 7. The van der Waals surface area contributed by atoms with Gasteiger partial charge in [0.05, 0.1) is 18.8 Å². The van der Waals surface area contributed by atoms with E-state index in [9.17, 15) is 9.59 Å². The van der Waals surface area contributed by atoms with E-state index in [0.717, 1.165) is 52.1 Å². The number of hydrogen-bond donors (Lipinski definition) is 1. The zero-order chi connectivity index (χ0) is 20.6. The number of halogens is 1. The lowest BCUT2D eigenvalue weighted by Crippen LogP contribution is -2.40. The summed E-state index contributed by atoms with van der Waals surface area (Å²) in [4.78, 5) is 28.4. The standard InChI is InChI=1S/C21H30ClN3O4/c1-16(26)25-9-5-18(6-10-25)29-20-4-3-17(22)15-19(20)21(27)23-7-2-8-24-11-13-28-14-12-24/h3-4,15,18H,2,5-14H2,1H3,(H,23,27). The van der Waals surface area contributed by atoms with Crippen LogP contribution in [0.4, 0.5) is 0 Å². The van der Waals surface area contributed by atoms with Crippen LogP contribution in [0.25, 0.3) is 0 Å². The summed E-state index contributed by atoms with van der Waals surface area (Å²) in [5, 5.41) is 3.48. The predicted molar refractivity (Wildman–Crippen MR) is 112 cm³/mol. The highest BCUT2D eigenvalue weighted by Gasteiger charge is 2.24. The fourth-order valence-corrected chi connectivity index (χ4v) is 3.85. The van der Waals surface area contributed by atoms with Gasteiger partial charge in [0, 0.05) is 57.5 Å². The number of amides is 2. The molecule has 7 nitrogen and oxygen atoms in total. The Morgan fingerprint density at radius 1 is 1.21 bits per heavy atom. The highest BCUT2D eigenvalue weighted by molar-refractivity contribution is 6.31. The first kappa shape index (κ1) is 21.9. The first-order valence-electron chi connectivity index (χ1n) is 10.3. The molecule has 0 saturated carbocycles. The van der Waals surface area contributed by atoms with E-state index in [0.29, 0.717) is 36.0 Å². The van der Waals surface area contributed by atoms with Gasteiger partial charge in [0.25, 0.3) is 5.91 Å². The van der Waals surface area contributed by atoms with Crippen molar-refractivity contribution in [2.45, 2.75) is 32.3 Å². The molecular weight excluding hydrogens is 394 g/mol. The number of hydrogen-bond acceptors (Lipinski definition) is 5. The second-order valence-corrected chi connectivity index (χ2v) is 7.96. The molecule has 2 amide bonds. The molecule has 1 aromatic carbocycles. The molecule has 2 fully saturated rings. The van der Waals surface area contributed by atoms with Crippen LogP contribution in [0.5, 0.6) is 5.75 Å². The lowest BCUT2D eigenvalue weighted by molar-refractivity contribution is -0.130. The van der Waals surface area contributed by atoms with Gasteiger partial charge in [-0.1, -0.05) is 11.6 Å². The molecule has 1 aromatic rings. The van der Waals surface area contributed by atoms with Gasteiger partial charge in [0.1, 0.15) is 11.9 Å². The van der Waals surface area contributed by atoms with E-state index >= 15 is 0 Å². The molecule has 160 valence electrons. The number of piperidine rings is 1. The van der Waals surface area contributed by atoms with Crippen molar-refractivity contribution in [2.24, 2.45) is 0 Å². The van der Waals surface area contributed by atoms with Crippen LogP contribution in [0, 0.1) is 0 Å². The first-order valence-corrected chi connectivity index (χ1v) is 10.7. The Morgan fingerprint density at radius 3 is 2.62 bits per heavy atom. The monoisotopic (exact) mass is 423 g/mol. The zero-order valence-electron chi connectivity index (χ0n) is 17.0. The topological polar surface area (TPSA) is 71.1 Å². The Kier molecular flexibility index (Phi) is 8.15. The van der Waals surface area contributed by atoms with E-state index in [1.54, 1.807) is 25.1 Å². The summed E-state index contributed by atoms with van der Waals surface area (Å²) in [6, 6.07) is 5.14. The Balaban J connectivity index is 1.51. The van der Waals surface area contributed by atoms with Crippen molar-refractivity contribution in [1.29, 1.82) is 0 Å². The van der Waals surface area contributed by atoms with Gasteiger partial charge in [0.2, 0.25) is 5.91 Å². The van der Waals surface area contributed by atoms with Gasteiger partial charge in [-0.25, -0.2) is 0 Å². The van der Waals surface area contributed by atoms with Gasteiger partial charge < -0.3 is 19.7 Å². The van der Waals surface area contributed by atoms with Crippen LogP contribution in [0.15, 0.2) is 18.2 Å². The summed E-state index contributed by atoms with van der Waals surface area (Å²) in [5.41, 5.74) is 0.456. The molecule has 0 radical (unpaired) electrons. The molecule has 0 aliphatic carbocycles. The highest BCUT2D eigenvalue weighted by Crippen LogP contribution is 2.26. The van der Waals surface area contributed by atoms with E-state index in [1.807, 2.05) is 4.90 Å². The predicted octanol–water partition coefficient (Wildman–Crippen LogP) is 2.18. The molecule has 0 aromatic heterocycles. The quantitative estimate of drug-likeness (QED) is 0.680. The number of nitrogens with one attached hydrogen (secondary N) is 1. The summed E-state index contributed by atoms with van der Waals surface area (Å²) in [5.74, 6) is 0.457. The smallest absolute Gasteiger partial charge is 0.255 e. The fourth-order valence-electron chi connectivity index (χ4n) is 3.68. The molecule has 2 aliphatic heterocycles. The normalized spacial score (nSPS) is 18.5. The summed E-state index contributed by atoms with van der Waals surface area (Å²) < 4.78 is 11.5. The van der Waals surface area contributed by atoms with Gasteiger partial charge in [-0.3, -0.25) is 14.5 Å². The third-order valence-corrected chi connectivity index (χ3v) is 5.64. The van der Waals surface area contributed by atoms with E-state index in [4.69, 9.17) is 21.1 Å². The Hall–Kier alpha value is -1.83. The molecule has 0 spiro atoms. The number of likely N-dealkylation sites (tertiary alicyclic amines) is 1. The van der Waals surface area contributed by atoms with Gasteiger partial charge in [-0.2, -0.15) is 0 Å². The minimum atomic E-state index is -0.175. The third-order valence-electron chi connectivity index (χ3n) is 5.41. The maximum Gasteiger partial charge on any atom is 0.255 e. The molecule has 29 heavy (non-hydrogen) atoms. The molecule has 0 unspecified atom stereocenters. The van der Waals surface area contributed by atoms with Crippen LogP contribution in [-0.4, -0.2) is 80.2 Å². The minimum Gasteiger partial charge on any atom is -0.489 e. The maximum atomic E-state index is 12.7. The molecule has 3 rings (SSSR count). The maximum absolute atomic E-state index is 12.7. The van der Waals surface area contributed by atoms with E-state index < -0.39 is 0 Å². The van der Waals surface area contributed by atoms with Crippen LogP contribution in [0.1, 0.15) is 36.5 Å². The van der Waals surface area contributed by atoms with Crippen LogP contribution in [-0.2, 0) is 9.53 Å². The van der Waals surface area contributed by atoms with Gasteiger partial charge >= 0.3 is 0 Å². The van der Waals surface area contributed by atoms with Gasteiger partial charge in [0.15, 0.2) is 0 Å². The molecule has 1 N–H and O–H groups in total. The van der Waals surface area contributed by atoms with Crippen molar-refractivity contribution >= 4 is 23.4 Å². The number of ether oxygens (including phenoxy) is 2. The number of nitrogens with zero attached hydrogens (tertiary/aromatic N) is 2. The second-order valence-electron chi connectivity index (χ2n) is 7.53. The SMILES string of the molecule is CC(=O)N1CCC(Oc2ccc(Cl)cc2C(=O)NCCCN2CCOCC2)CC1. The van der Waals surface area contributed by atoms with E-state index in [1.165, 1.54) is 0 Å². The summed E-state index contributed by atoms with van der Waals surface area (Å²) in [6.45, 7) is 7.93. The molecule has 2 saturated heterocycles. The first-order chi connectivity index (χ1) is 14.0. The van der Waals surface area contributed by atoms with Crippen molar-refractivity contribution in [3.63, 3.8) is 0 Å². The molecule has 8 heteroatoms. The van der Waals surface area contributed by atoms with Crippen LogP contribution < -0.4 is 10.1 Å². The lowest BCUT2D eigenvalue weighted by atomic mass is 10.1. The van der Waals surface area contributed by atoms with E-state index in [-0.39, 0.29) is 17.9 Å². The van der Waals surface area contributed by atoms with Crippen LogP contribution in [0.3, 0.4) is 0 Å². The van der Waals surface area contributed by atoms with Crippen molar-refractivity contribution in [1.82, 2.24) is 15.1 Å². The Bertz CT molecular complexity index is 701. The zero-order valence-corrected chi connectivity index (χ0v) is 17.7. The van der Waals surface area contributed by atoms with Crippen LogP contribution in [0.2, 0.25) is 5.02 Å². The van der Waals surface area contributed by atoms with Crippen molar-refractivity contribution < 1.29 is 19.1 Å². The number of carbonyl (C=O) groups is 2. The van der Waals surface area contributed by atoms with Crippen molar-refractivity contribution in [3.8, 4) is 5.75 Å². The number of morpholine rings is 1. The molecule has 0 atom stereocenters. The Morgan fingerprint density at radius 2 is 1.93 bits per heavy atom. The second kappa shape index (κ2) is 10.8. The minimum absolute atomic E-state index is 0.0142. The average molecular weight is 424 g/mol. The number of benzene rings is 1. The third kappa shape index (κ3) is 6.59.